The monoisotopic (exact) mass is 449 g/mol. The molecule has 8 nitrogen and oxygen atoms in total. The molecule has 9 heteroatoms. The van der Waals surface area contributed by atoms with E-state index in [4.69, 9.17) is 9.47 Å². The van der Waals surface area contributed by atoms with Gasteiger partial charge in [-0.1, -0.05) is 42.1 Å². The van der Waals surface area contributed by atoms with Crippen LogP contribution in [0.5, 0.6) is 11.5 Å². The average molecular weight is 450 g/mol. The summed E-state index contributed by atoms with van der Waals surface area (Å²) in [6.45, 7) is 0. The van der Waals surface area contributed by atoms with Gasteiger partial charge in [0.15, 0.2) is 17.3 Å². The van der Waals surface area contributed by atoms with Crippen LogP contribution in [0, 0.1) is 0 Å². The minimum Gasteiger partial charge on any atom is -0.493 e. The van der Waals surface area contributed by atoms with Gasteiger partial charge in [-0.15, -0.1) is 10.2 Å². The first-order chi connectivity index (χ1) is 15.7. The molecule has 0 aliphatic carbocycles. The maximum absolute atomic E-state index is 12.6. The standard InChI is InChI=1S/C23H23N5O3S/c1-30-19-11-10-18(15-20(19)31-2)24-22(29)16-32-23-26-25-21(14-17-8-4-3-5-9-17)28(23)27-12-6-7-13-27/h3-13,15H,14,16H2,1-2H3,(H,24,29). The number of nitrogens with zero attached hydrogens (tertiary/aromatic N) is 4. The summed E-state index contributed by atoms with van der Waals surface area (Å²) in [5.41, 5.74) is 1.76. The molecular weight excluding hydrogens is 426 g/mol. The fraction of sp³-hybridized carbons (Fsp3) is 0.174. The maximum atomic E-state index is 12.6. The normalized spacial score (nSPS) is 10.7. The highest BCUT2D eigenvalue weighted by Gasteiger charge is 2.16. The van der Waals surface area contributed by atoms with Crippen molar-refractivity contribution in [3.05, 3.63) is 84.4 Å². The molecule has 2 aromatic carbocycles. The van der Waals surface area contributed by atoms with Crippen LogP contribution in [0.25, 0.3) is 0 Å². The third-order valence-corrected chi connectivity index (χ3v) is 5.62. The molecule has 4 aromatic rings. The second-order valence-electron chi connectivity index (χ2n) is 6.84. The predicted molar refractivity (Wildman–Crippen MR) is 123 cm³/mol. The van der Waals surface area contributed by atoms with Gasteiger partial charge in [-0.05, 0) is 29.8 Å². The summed E-state index contributed by atoms with van der Waals surface area (Å²) in [5, 5.41) is 12.2. The number of thioether (sulfide) groups is 1. The number of carbonyl (C=O) groups is 1. The van der Waals surface area contributed by atoms with Gasteiger partial charge in [-0.2, -0.15) is 0 Å². The molecule has 0 radical (unpaired) electrons. The Labute approximate surface area is 190 Å². The quantitative estimate of drug-likeness (QED) is 0.392. The third-order valence-electron chi connectivity index (χ3n) is 4.70. The maximum Gasteiger partial charge on any atom is 0.234 e. The third kappa shape index (κ3) is 4.94. The molecule has 2 aromatic heterocycles. The molecule has 2 heterocycles. The van der Waals surface area contributed by atoms with Gasteiger partial charge in [0.2, 0.25) is 11.1 Å². The molecule has 32 heavy (non-hydrogen) atoms. The molecule has 0 aliphatic rings. The number of amides is 1. The van der Waals surface area contributed by atoms with Gasteiger partial charge in [-0.3, -0.25) is 9.47 Å². The first-order valence-corrected chi connectivity index (χ1v) is 10.9. The van der Waals surface area contributed by atoms with Gasteiger partial charge in [0.1, 0.15) is 0 Å². The smallest absolute Gasteiger partial charge is 0.234 e. The molecule has 164 valence electrons. The first kappa shape index (κ1) is 21.5. The zero-order chi connectivity index (χ0) is 22.3. The van der Waals surface area contributed by atoms with Crippen LogP contribution < -0.4 is 14.8 Å². The number of hydrogen-bond acceptors (Lipinski definition) is 6. The lowest BCUT2D eigenvalue weighted by Gasteiger charge is -2.12. The number of methoxy groups -OCH3 is 2. The Morgan fingerprint density at radius 2 is 1.72 bits per heavy atom. The van der Waals surface area contributed by atoms with Crippen LogP contribution in [-0.2, 0) is 11.2 Å². The van der Waals surface area contributed by atoms with E-state index >= 15 is 0 Å². The average Bonchev–Trinajstić information content (AvgIpc) is 3.48. The number of hydrogen-bond donors (Lipinski definition) is 1. The summed E-state index contributed by atoms with van der Waals surface area (Å²) < 4.78 is 14.4. The van der Waals surface area contributed by atoms with Crippen molar-refractivity contribution in [3.63, 3.8) is 0 Å². The zero-order valence-corrected chi connectivity index (χ0v) is 18.6. The molecule has 0 saturated heterocycles. The molecule has 0 bridgehead atoms. The number of benzene rings is 2. The van der Waals surface area contributed by atoms with Gasteiger partial charge < -0.3 is 14.8 Å². The van der Waals surface area contributed by atoms with Crippen molar-refractivity contribution < 1.29 is 14.3 Å². The van der Waals surface area contributed by atoms with Crippen molar-refractivity contribution in [2.75, 3.05) is 25.3 Å². The summed E-state index contributed by atoms with van der Waals surface area (Å²) in [4.78, 5) is 12.6. The van der Waals surface area contributed by atoms with Crippen LogP contribution in [0.15, 0.2) is 78.2 Å². The SMILES string of the molecule is COc1ccc(NC(=O)CSc2nnc(Cc3ccccc3)n2-n2cccc2)cc1OC. The van der Waals surface area contributed by atoms with E-state index in [9.17, 15) is 4.79 Å². The van der Waals surface area contributed by atoms with E-state index in [2.05, 4.69) is 27.6 Å². The Hall–Kier alpha value is -3.72. The number of aromatic nitrogens is 4. The molecule has 1 amide bonds. The predicted octanol–water partition coefficient (Wildman–Crippen LogP) is 3.73. The fourth-order valence-corrected chi connectivity index (χ4v) is 3.96. The Bertz CT molecular complexity index is 1180. The summed E-state index contributed by atoms with van der Waals surface area (Å²) in [6.07, 6.45) is 4.47. The van der Waals surface area contributed by atoms with Crippen molar-refractivity contribution >= 4 is 23.4 Å². The highest BCUT2D eigenvalue weighted by molar-refractivity contribution is 7.99. The molecule has 4 rings (SSSR count). The van der Waals surface area contributed by atoms with Crippen molar-refractivity contribution in [1.29, 1.82) is 0 Å². The lowest BCUT2D eigenvalue weighted by molar-refractivity contribution is -0.113. The van der Waals surface area contributed by atoms with E-state index < -0.39 is 0 Å². The van der Waals surface area contributed by atoms with Crippen LogP contribution in [0.4, 0.5) is 5.69 Å². The number of nitrogens with one attached hydrogen (secondary N) is 1. The number of rotatable bonds is 9. The van der Waals surface area contributed by atoms with Gasteiger partial charge in [0.25, 0.3) is 0 Å². The Morgan fingerprint density at radius 1 is 0.969 bits per heavy atom. The Morgan fingerprint density at radius 3 is 2.44 bits per heavy atom. The van der Waals surface area contributed by atoms with E-state index in [-0.39, 0.29) is 11.7 Å². The van der Waals surface area contributed by atoms with E-state index in [1.807, 2.05) is 52.1 Å². The Balaban J connectivity index is 1.48. The second-order valence-corrected chi connectivity index (χ2v) is 7.79. The topological polar surface area (TPSA) is 83.2 Å². The molecule has 0 unspecified atom stereocenters. The van der Waals surface area contributed by atoms with Crippen LogP contribution in [-0.4, -0.2) is 45.4 Å². The largest absolute Gasteiger partial charge is 0.493 e. The Kier molecular flexibility index (Phi) is 6.76. The zero-order valence-electron chi connectivity index (χ0n) is 17.8. The second kappa shape index (κ2) is 10.1. The first-order valence-electron chi connectivity index (χ1n) is 9.94. The highest BCUT2D eigenvalue weighted by Crippen LogP contribution is 2.30. The van der Waals surface area contributed by atoms with Crippen molar-refractivity contribution in [2.24, 2.45) is 0 Å². The van der Waals surface area contributed by atoms with Crippen molar-refractivity contribution in [1.82, 2.24) is 19.5 Å². The van der Waals surface area contributed by atoms with E-state index in [0.29, 0.717) is 28.8 Å². The molecule has 0 fully saturated rings. The summed E-state index contributed by atoms with van der Waals surface area (Å²) in [6, 6.07) is 19.2. The van der Waals surface area contributed by atoms with Crippen LogP contribution >= 0.6 is 11.8 Å². The fourth-order valence-electron chi connectivity index (χ4n) is 3.21. The molecule has 0 aliphatic heterocycles. The van der Waals surface area contributed by atoms with Gasteiger partial charge in [-0.25, -0.2) is 4.68 Å². The van der Waals surface area contributed by atoms with Crippen molar-refractivity contribution in [2.45, 2.75) is 11.6 Å². The number of ether oxygens (including phenoxy) is 2. The van der Waals surface area contributed by atoms with Gasteiger partial charge in [0, 0.05) is 30.6 Å². The van der Waals surface area contributed by atoms with E-state index in [0.717, 1.165) is 11.4 Å². The lowest BCUT2D eigenvalue weighted by atomic mass is 10.1. The van der Waals surface area contributed by atoms with Gasteiger partial charge >= 0.3 is 0 Å². The van der Waals surface area contributed by atoms with Crippen LogP contribution in [0.1, 0.15) is 11.4 Å². The molecule has 0 saturated carbocycles. The summed E-state index contributed by atoms with van der Waals surface area (Å²) in [7, 11) is 3.13. The van der Waals surface area contributed by atoms with Crippen LogP contribution in [0.3, 0.4) is 0 Å². The molecular formula is C23H23N5O3S. The minimum atomic E-state index is -0.158. The number of carbonyl (C=O) groups excluding carboxylic acids is 1. The number of anilines is 1. The summed E-state index contributed by atoms with van der Waals surface area (Å²) in [5.74, 6) is 1.96. The minimum absolute atomic E-state index is 0.158. The highest BCUT2D eigenvalue weighted by atomic mass is 32.2. The lowest BCUT2D eigenvalue weighted by Crippen LogP contribution is -2.16. The molecule has 0 spiro atoms. The van der Waals surface area contributed by atoms with Gasteiger partial charge in [0.05, 0.1) is 20.0 Å². The van der Waals surface area contributed by atoms with E-state index in [1.54, 1.807) is 32.4 Å². The van der Waals surface area contributed by atoms with E-state index in [1.165, 1.54) is 11.8 Å². The molecule has 0 atom stereocenters. The molecule has 1 N–H and O–H groups in total. The van der Waals surface area contributed by atoms with Crippen molar-refractivity contribution in [3.8, 4) is 11.5 Å². The van der Waals surface area contributed by atoms with Crippen LogP contribution in [0.2, 0.25) is 0 Å². The summed E-state index contributed by atoms with van der Waals surface area (Å²) >= 11 is 1.32.